The molecule has 1 unspecified atom stereocenters. The van der Waals surface area contributed by atoms with E-state index < -0.39 is 23.7 Å². The van der Waals surface area contributed by atoms with E-state index in [0.29, 0.717) is 38.2 Å². The van der Waals surface area contributed by atoms with E-state index in [-0.39, 0.29) is 6.61 Å². The predicted octanol–water partition coefficient (Wildman–Crippen LogP) is 4.72. The number of rotatable bonds is 11. The molecule has 8 heteroatoms. The Kier molecular flexibility index (Phi) is 7.91. The lowest BCUT2D eigenvalue weighted by Gasteiger charge is -2.12. The number of hydrogen-bond donors (Lipinski definition) is 0. The van der Waals surface area contributed by atoms with Gasteiger partial charge < -0.3 is 18.9 Å². The molecule has 0 aliphatic carbocycles. The first-order chi connectivity index (χ1) is 12.8. The van der Waals surface area contributed by atoms with Gasteiger partial charge >= 0.3 is 12.3 Å². The maximum absolute atomic E-state index is 12.7. The fourth-order valence-corrected chi connectivity index (χ4v) is 2.60. The van der Waals surface area contributed by atoms with Gasteiger partial charge in [-0.05, 0) is 37.8 Å². The SMILES string of the molecule is CCOC(=O)OC1(CCCCCOCCc2cccc(C(F)(F)F)c2)CO1. The minimum atomic E-state index is -4.32. The first-order valence-corrected chi connectivity index (χ1v) is 9.08. The quantitative estimate of drug-likeness (QED) is 0.311. The van der Waals surface area contributed by atoms with Crippen LogP contribution in [0, 0.1) is 0 Å². The third-order valence-corrected chi connectivity index (χ3v) is 4.13. The third kappa shape index (κ3) is 7.76. The fourth-order valence-electron chi connectivity index (χ4n) is 2.60. The minimum absolute atomic E-state index is 0.257. The molecule has 2 rings (SSSR count). The first-order valence-electron chi connectivity index (χ1n) is 9.08. The van der Waals surface area contributed by atoms with Gasteiger partial charge in [0.25, 0.3) is 0 Å². The second-order valence-corrected chi connectivity index (χ2v) is 6.36. The number of halogens is 3. The molecule has 1 atom stereocenters. The van der Waals surface area contributed by atoms with E-state index in [4.69, 9.17) is 18.9 Å². The largest absolute Gasteiger partial charge is 0.510 e. The Hall–Kier alpha value is -1.80. The summed E-state index contributed by atoms with van der Waals surface area (Å²) in [6.45, 7) is 3.26. The monoisotopic (exact) mass is 390 g/mol. The van der Waals surface area contributed by atoms with Crippen molar-refractivity contribution in [3.8, 4) is 0 Å². The van der Waals surface area contributed by atoms with Crippen molar-refractivity contribution in [1.82, 2.24) is 0 Å². The zero-order valence-corrected chi connectivity index (χ0v) is 15.3. The van der Waals surface area contributed by atoms with Crippen molar-refractivity contribution in [2.75, 3.05) is 26.4 Å². The van der Waals surface area contributed by atoms with E-state index in [1.165, 1.54) is 6.07 Å². The Morgan fingerprint density at radius 2 is 2.00 bits per heavy atom. The summed E-state index contributed by atoms with van der Waals surface area (Å²) >= 11 is 0. The average molecular weight is 390 g/mol. The molecule has 0 aromatic heterocycles. The molecule has 152 valence electrons. The van der Waals surface area contributed by atoms with Gasteiger partial charge in [0.05, 0.1) is 18.8 Å². The van der Waals surface area contributed by atoms with Gasteiger partial charge in [0.15, 0.2) is 0 Å². The van der Waals surface area contributed by atoms with Gasteiger partial charge in [-0.1, -0.05) is 24.6 Å². The number of carbonyl (C=O) groups is 1. The molecule has 0 saturated carbocycles. The van der Waals surface area contributed by atoms with Crippen molar-refractivity contribution in [2.24, 2.45) is 0 Å². The van der Waals surface area contributed by atoms with Crippen LogP contribution < -0.4 is 0 Å². The summed E-state index contributed by atoms with van der Waals surface area (Å²) in [5.41, 5.74) is -0.0324. The van der Waals surface area contributed by atoms with E-state index in [0.717, 1.165) is 31.4 Å². The highest BCUT2D eigenvalue weighted by molar-refractivity contribution is 5.60. The summed E-state index contributed by atoms with van der Waals surface area (Å²) < 4.78 is 58.5. The highest BCUT2D eigenvalue weighted by atomic mass is 19.4. The Bertz CT molecular complexity index is 599. The molecule has 1 aromatic rings. The number of ether oxygens (including phenoxy) is 4. The molecular weight excluding hydrogens is 365 g/mol. The molecule has 0 amide bonds. The van der Waals surface area contributed by atoms with Crippen molar-refractivity contribution in [2.45, 2.75) is 51.0 Å². The van der Waals surface area contributed by atoms with E-state index in [2.05, 4.69) is 0 Å². The highest BCUT2D eigenvalue weighted by Gasteiger charge is 2.49. The van der Waals surface area contributed by atoms with Gasteiger partial charge in [0, 0.05) is 13.0 Å². The second-order valence-electron chi connectivity index (χ2n) is 6.36. The van der Waals surface area contributed by atoms with Crippen LogP contribution in [0.25, 0.3) is 0 Å². The first kappa shape index (κ1) is 21.5. The molecule has 27 heavy (non-hydrogen) atoms. The zero-order valence-electron chi connectivity index (χ0n) is 15.3. The lowest BCUT2D eigenvalue weighted by Crippen LogP contribution is -2.22. The van der Waals surface area contributed by atoms with Crippen molar-refractivity contribution < 1.29 is 36.9 Å². The Labute approximate surface area is 156 Å². The van der Waals surface area contributed by atoms with E-state index >= 15 is 0 Å². The van der Waals surface area contributed by atoms with E-state index in [1.807, 2.05) is 0 Å². The maximum Gasteiger partial charge on any atom is 0.510 e. The molecule has 0 N–H and O–H groups in total. The fraction of sp³-hybridized carbons (Fsp3) is 0.632. The molecule has 1 fully saturated rings. The van der Waals surface area contributed by atoms with Crippen LogP contribution in [0.4, 0.5) is 18.0 Å². The van der Waals surface area contributed by atoms with Crippen LogP contribution >= 0.6 is 0 Å². The smallest absolute Gasteiger partial charge is 0.435 e. The van der Waals surface area contributed by atoms with E-state index in [9.17, 15) is 18.0 Å². The van der Waals surface area contributed by atoms with Gasteiger partial charge in [-0.3, -0.25) is 0 Å². The number of carbonyl (C=O) groups excluding carboxylic acids is 1. The highest BCUT2D eigenvalue weighted by Crippen LogP contribution is 2.34. The molecule has 5 nitrogen and oxygen atoms in total. The van der Waals surface area contributed by atoms with Gasteiger partial charge in [0.1, 0.15) is 6.61 Å². The normalized spacial score (nSPS) is 19.0. The molecule has 1 aliphatic rings. The Morgan fingerprint density at radius 3 is 2.67 bits per heavy atom. The van der Waals surface area contributed by atoms with Crippen molar-refractivity contribution in [3.05, 3.63) is 35.4 Å². The summed E-state index contributed by atoms with van der Waals surface area (Å²) in [7, 11) is 0. The molecule has 0 radical (unpaired) electrons. The van der Waals surface area contributed by atoms with Crippen LogP contribution in [0.3, 0.4) is 0 Å². The Morgan fingerprint density at radius 1 is 1.22 bits per heavy atom. The van der Waals surface area contributed by atoms with Gasteiger partial charge in [-0.25, -0.2) is 4.79 Å². The predicted molar refractivity (Wildman–Crippen MR) is 91.2 cm³/mol. The maximum atomic E-state index is 12.7. The molecule has 0 bridgehead atoms. The minimum Gasteiger partial charge on any atom is -0.435 e. The van der Waals surface area contributed by atoms with Crippen LogP contribution in [-0.2, 0) is 31.5 Å². The number of unbranched alkanes of at least 4 members (excludes halogenated alkanes) is 2. The van der Waals surface area contributed by atoms with Gasteiger partial charge in [-0.15, -0.1) is 0 Å². The zero-order chi connectivity index (χ0) is 19.8. The van der Waals surface area contributed by atoms with Crippen molar-refractivity contribution in [1.29, 1.82) is 0 Å². The number of hydrogen-bond acceptors (Lipinski definition) is 5. The number of benzene rings is 1. The lowest BCUT2D eigenvalue weighted by molar-refractivity contribution is -0.137. The van der Waals surface area contributed by atoms with Crippen molar-refractivity contribution >= 4 is 6.16 Å². The average Bonchev–Trinajstić information content (AvgIpc) is 3.36. The standard InChI is InChI=1S/C19H25F3O5/c1-2-25-17(23)27-18(14-26-18)10-4-3-5-11-24-12-9-15-7-6-8-16(13-15)19(20,21)22/h6-8,13H,2-5,9-12,14H2,1H3. The molecule has 1 aromatic carbocycles. The summed E-state index contributed by atoms with van der Waals surface area (Å²) in [5.74, 6) is -0.823. The summed E-state index contributed by atoms with van der Waals surface area (Å²) in [4.78, 5) is 11.3. The van der Waals surface area contributed by atoms with E-state index in [1.54, 1.807) is 13.0 Å². The van der Waals surface area contributed by atoms with Crippen molar-refractivity contribution in [3.63, 3.8) is 0 Å². The second kappa shape index (κ2) is 9.94. The van der Waals surface area contributed by atoms with Crippen LogP contribution in [0.5, 0.6) is 0 Å². The van der Waals surface area contributed by atoms with Gasteiger partial charge in [-0.2, -0.15) is 13.2 Å². The summed E-state index contributed by atoms with van der Waals surface area (Å²) in [6.07, 6.45) is -1.48. The van der Waals surface area contributed by atoms with Crippen LogP contribution in [0.15, 0.2) is 24.3 Å². The molecular formula is C19H25F3O5. The van der Waals surface area contributed by atoms with Crippen LogP contribution in [0.2, 0.25) is 0 Å². The molecule has 0 spiro atoms. The number of alkyl halides is 3. The molecule has 1 saturated heterocycles. The third-order valence-electron chi connectivity index (χ3n) is 4.13. The van der Waals surface area contributed by atoms with Crippen LogP contribution in [0.1, 0.15) is 43.7 Å². The lowest BCUT2D eigenvalue weighted by atomic mass is 10.1. The van der Waals surface area contributed by atoms with Crippen LogP contribution in [-0.4, -0.2) is 38.4 Å². The topological polar surface area (TPSA) is 57.3 Å². The summed E-state index contributed by atoms with van der Waals surface area (Å²) in [5, 5.41) is 0. The molecule has 1 heterocycles. The Balaban J connectivity index is 1.53. The molecule has 1 aliphatic heterocycles. The summed E-state index contributed by atoms with van der Waals surface area (Å²) in [6, 6.07) is 5.29. The number of epoxide rings is 1. The van der Waals surface area contributed by atoms with Gasteiger partial charge in [0.2, 0.25) is 5.79 Å².